The van der Waals surface area contributed by atoms with E-state index in [0.717, 1.165) is 0 Å². The molecule has 0 bridgehead atoms. The summed E-state index contributed by atoms with van der Waals surface area (Å²) >= 11 is 0. The van der Waals surface area contributed by atoms with Crippen LogP contribution >= 0.6 is 0 Å². The molecular weight excluding hydrogens is 346 g/mol. The number of carbonyl (C=O) groups excluding carboxylic acids is 1. The van der Waals surface area contributed by atoms with Crippen LogP contribution in [0.15, 0.2) is 71.9 Å². The van der Waals surface area contributed by atoms with Crippen LogP contribution < -0.4 is 10.9 Å². The Kier molecular flexibility index (Phi) is 4.23. The highest BCUT2D eigenvalue weighted by Crippen LogP contribution is 2.19. The summed E-state index contributed by atoms with van der Waals surface area (Å²) in [6.07, 6.45) is 1.52. The number of aromatic amines is 1. The van der Waals surface area contributed by atoms with Gasteiger partial charge in [0.25, 0.3) is 11.5 Å². The number of aliphatic hydroxyl groups excluding tert-OH is 1. The van der Waals surface area contributed by atoms with E-state index >= 15 is 0 Å². The number of H-pyrrole nitrogens is 1. The molecule has 0 saturated carbocycles. The van der Waals surface area contributed by atoms with Crippen LogP contribution in [-0.2, 0) is 4.79 Å². The number of fused-ring (bicyclic) bond motifs is 1. The fraction of sp³-hybridized carbons (Fsp3) is 0.0526. The predicted octanol–water partition coefficient (Wildman–Crippen LogP) is 1.78. The van der Waals surface area contributed by atoms with Crippen molar-refractivity contribution in [2.24, 2.45) is 0 Å². The summed E-state index contributed by atoms with van der Waals surface area (Å²) in [5.41, 5.74) is 1.91. The zero-order valence-electron chi connectivity index (χ0n) is 14.0. The van der Waals surface area contributed by atoms with Crippen molar-refractivity contribution in [1.29, 1.82) is 0 Å². The first-order valence-electron chi connectivity index (χ1n) is 8.19. The fourth-order valence-electron chi connectivity index (χ4n) is 2.73. The molecule has 0 aliphatic carbocycles. The van der Waals surface area contributed by atoms with Crippen LogP contribution in [-0.4, -0.2) is 30.8 Å². The molecule has 0 unspecified atom stereocenters. The monoisotopic (exact) mass is 361 g/mol. The van der Waals surface area contributed by atoms with E-state index in [1.807, 2.05) is 6.07 Å². The molecule has 27 heavy (non-hydrogen) atoms. The van der Waals surface area contributed by atoms with Gasteiger partial charge in [0, 0.05) is 5.69 Å². The van der Waals surface area contributed by atoms with Crippen molar-refractivity contribution in [3.8, 4) is 5.69 Å². The van der Waals surface area contributed by atoms with Gasteiger partial charge >= 0.3 is 0 Å². The first-order valence-corrected chi connectivity index (χ1v) is 8.19. The van der Waals surface area contributed by atoms with Crippen LogP contribution in [0.1, 0.15) is 11.7 Å². The number of nitrogens with one attached hydrogen (secondary N) is 2. The van der Waals surface area contributed by atoms with Crippen LogP contribution in [0.3, 0.4) is 0 Å². The highest BCUT2D eigenvalue weighted by atomic mass is 16.3. The number of amides is 1. The number of anilines is 1. The summed E-state index contributed by atoms with van der Waals surface area (Å²) in [6.45, 7) is 0. The van der Waals surface area contributed by atoms with Crippen molar-refractivity contribution in [3.05, 3.63) is 83.0 Å². The molecule has 4 rings (SSSR count). The van der Waals surface area contributed by atoms with Gasteiger partial charge in [-0.05, 0) is 29.8 Å². The van der Waals surface area contributed by atoms with E-state index in [4.69, 9.17) is 0 Å². The number of hydrogen-bond donors (Lipinski definition) is 3. The van der Waals surface area contributed by atoms with Crippen molar-refractivity contribution in [2.45, 2.75) is 6.10 Å². The highest BCUT2D eigenvalue weighted by molar-refractivity contribution is 5.94. The predicted molar refractivity (Wildman–Crippen MR) is 99.5 cm³/mol. The Labute approximate surface area is 153 Å². The molecule has 0 fully saturated rings. The molecule has 1 atom stereocenters. The molecule has 8 heteroatoms. The second-order valence-electron chi connectivity index (χ2n) is 5.87. The normalized spacial score (nSPS) is 12.0. The molecule has 8 nitrogen and oxygen atoms in total. The van der Waals surface area contributed by atoms with Gasteiger partial charge in [0.05, 0.1) is 18.2 Å². The molecule has 2 aromatic heterocycles. The van der Waals surface area contributed by atoms with Gasteiger partial charge in [-0.2, -0.15) is 5.10 Å². The van der Waals surface area contributed by atoms with Crippen molar-refractivity contribution in [1.82, 2.24) is 19.7 Å². The van der Waals surface area contributed by atoms with Crippen molar-refractivity contribution in [2.75, 3.05) is 5.32 Å². The zero-order valence-corrected chi connectivity index (χ0v) is 14.0. The molecule has 0 saturated heterocycles. The Hall–Kier alpha value is -3.78. The second-order valence-corrected chi connectivity index (χ2v) is 5.87. The Bertz CT molecular complexity index is 1150. The SMILES string of the molecule is O=C(Nc1ccc(-n2ncc3c(=O)[nH]cnc32)cc1)[C@@H](O)c1ccccc1. The number of rotatable bonds is 4. The average molecular weight is 361 g/mol. The standard InChI is InChI=1S/C19H15N5O3/c25-16(12-4-2-1-3-5-12)19(27)23-13-6-8-14(9-7-13)24-17-15(10-22-24)18(26)21-11-20-17/h1-11,16,25H,(H,23,27)(H,20,21,26)/t16-/m0/s1. The average Bonchev–Trinajstić information content (AvgIpc) is 3.14. The van der Waals surface area contributed by atoms with Crippen LogP contribution in [0.2, 0.25) is 0 Å². The van der Waals surface area contributed by atoms with Crippen molar-refractivity contribution < 1.29 is 9.90 Å². The van der Waals surface area contributed by atoms with E-state index in [1.165, 1.54) is 17.2 Å². The lowest BCUT2D eigenvalue weighted by Crippen LogP contribution is -2.20. The first-order chi connectivity index (χ1) is 13.1. The maximum atomic E-state index is 12.2. The zero-order chi connectivity index (χ0) is 18.8. The van der Waals surface area contributed by atoms with E-state index in [0.29, 0.717) is 28.0 Å². The van der Waals surface area contributed by atoms with Gasteiger partial charge in [0.2, 0.25) is 0 Å². The quantitative estimate of drug-likeness (QED) is 0.513. The molecule has 2 aromatic carbocycles. The smallest absolute Gasteiger partial charge is 0.261 e. The van der Waals surface area contributed by atoms with Crippen molar-refractivity contribution >= 4 is 22.6 Å². The molecule has 3 N–H and O–H groups in total. The molecule has 0 aliphatic rings. The molecule has 1 amide bonds. The number of aliphatic hydroxyl groups is 1. The van der Waals surface area contributed by atoms with Gasteiger partial charge in [-0.25, -0.2) is 9.67 Å². The summed E-state index contributed by atoms with van der Waals surface area (Å²) in [4.78, 5) is 30.6. The lowest BCUT2D eigenvalue weighted by atomic mass is 10.1. The van der Waals surface area contributed by atoms with Gasteiger partial charge in [0.1, 0.15) is 5.39 Å². The Morgan fingerprint density at radius 2 is 1.85 bits per heavy atom. The summed E-state index contributed by atoms with van der Waals surface area (Å²) in [5, 5.41) is 17.4. The number of hydrogen-bond acceptors (Lipinski definition) is 5. The largest absolute Gasteiger partial charge is 0.378 e. The van der Waals surface area contributed by atoms with Crippen molar-refractivity contribution in [3.63, 3.8) is 0 Å². The van der Waals surface area contributed by atoms with Gasteiger partial charge in [-0.1, -0.05) is 30.3 Å². The van der Waals surface area contributed by atoms with Gasteiger partial charge in [0.15, 0.2) is 11.8 Å². The van der Waals surface area contributed by atoms with E-state index < -0.39 is 12.0 Å². The molecule has 134 valence electrons. The third kappa shape index (κ3) is 3.21. The highest BCUT2D eigenvalue weighted by Gasteiger charge is 2.17. The maximum Gasteiger partial charge on any atom is 0.261 e. The van der Waals surface area contributed by atoms with Crippen LogP contribution in [0.5, 0.6) is 0 Å². The number of nitrogens with zero attached hydrogens (tertiary/aromatic N) is 3. The molecule has 4 aromatic rings. The summed E-state index contributed by atoms with van der Waals surface area (Å²) in [7, 11) is 0. The molecule has 0 aliphatic heterocycles. The number of aromatic nitrogens is 4. The van der Waals surface area contributed by atoms with Crippen LogP contribution in [0, 0.1) is 0 Å². The van der Waals surface area contributed by atoms with Crippen LogP contribution in [0.25, 0.3) is 16.7 Å². The maximum absolute atomic E-state index is 12.2. The minimum Gasteiger partial charge on any atom is -0.378 e. The Morgan fingerprint density at radius 3 is 2.59 bits per heavy atom. The van der Waals surface area contributed by atoms with E-state index in [-0.39, 0.29) is 5.56 Å². The lowest BCUT2D eigenvalue weighted by molar-refractivity contribution is -0.124. The molecule has 2 heterocycles. The number of carbonyl (C=O) groups is 1. The van der Waals surface area contributed by atoms with E-state index in [9.17, 15) is 14.7 Å². The Morgan fingerprint density at radius 1 is 1.11 bits per heavy atom. The van der Waals surface area contributed by atoms with Gasteiger partial charge in [-0.3, -0.25) is 9.59 Å². The molecular formula is C19H15N5O3. The molecule has 0 radical (unpaired) electrons. The molecule has 0 spiro atoms. The summed E-state index contributed by atoms with van der Waals surface area (Å²) in [6, 6.07) is 15.5. The van der Waals surface area contributed by atoms with Gasteiger partial charge in [-0.15, -0.1) is 0 Å². The third-order valence-corrected chi connectivity index (χ3v) is 4.11. The minimum absolute atomic E-state index is 0.259. The minimum atomic E-state index is -1.25. The van der Waals surface area contributed by atoms with Crippen LogP contribution in [0.4, 0.5) is 5.69 Å². The summed E-state index contributed by atoms with van der Waals surface area (Å²) in [5.74, 6) is -0.522. The van der Waals surface area contributed by atoms with Gasteiger partial charge < -0.3 is 15.4 Å². The fourth-order valence-corrected chi connectivity index (χ4v) is 2.73. The summed E-state index contributed by atoms with van der Waals surface area (Å²) < 4.78 is 1.54. The van der Waals surface area contributed by atoms with E-state index in [1.54, 1.807) is 48.5 Å². The second kappa shape index (κ2) is 6.85. The first kappa shape index (κ1) is 16.7. The number of benzene rings is 2. The Balaban J connectivity index is 1.54. The lowest BCUT2D eigenvalue weighted by Gasteiger charge is -2.12. The third-order valence-electron chi connectivity index (χ3n) is 4.11. The topological polar surface area (TPSA) is 113 Å². The van der Waals surface area contributed by atoms with E-state index in [2.05, 4.69) is 20.4 Å².